The monoisotopic (exact) mass is 277 g/mol. The predicted octanol–water partition coefficient (Wildman–Crippen LogP) is 2.59. The minimum atomic E-state index is 0.213. The van der Waals surface area contributed by atoms with Gasteiger partial charge in [-0.25, -0.2) is 0 Å². The lowest BCUT2D eigenvalue weighted by Gasteiger charge is -2.38. The van der Waals surface area contributed by atoms with E-state index < -0.39 is 0 Å². The molecule has 1 heterocycles. The molecule has 3 heteroatoms. The molecule has 0 aromatic heterocycles. The van der Waals surface area contributed by atoms with Crippen molar-refractivity contribution in [2.24, 2.45) is 0 Å². The first-order chi connectivity index (χ1) is 9.68. The Labute approximate surface area is 122 Å². The summed E-state index contributed by atoms with van der Waals surface area (Å²) in [5.74, 6) is 0. The van der Waals surface area contributed by atoms with Crippen molar-refractivity contribution in [3.8, 4) is 0 Å². The van der Waals surface area contributed by atoms with Crippen LogP contribution in [0.1, 0.15) is 29.5 Å². The summed E-state index contributed by atoms with van der Waals surface area (Å²) >= 11 is 0. The molecule has 0 aliphatic carbocycles. The van der Waals surface area contributed by atoms with Crippen LogP contribution in [0.4, 0.5) is 0 Å². The third-order valence-electron chi connectivity index (χ3n) is 4.52. The fourth-order valence-electron chi connectivity index (χ4n) is 2.90. The quantitative estimate of drug-likeness (QED) is 0.811. The smallest absolute Gasteiger partial charge is 0.0587 e. The zero-order valence-corrected chi connectivity index (χ0v) is 13.0. The second kappa shape index (κ2) is 7.21. The van der Waals surface area contributed by atoms with Crippen molar-refractivity contribution in [3.05, 3.63) is 34.9 Å². The van der Waals surface area contributed by atoms with Crippen LogP contribution in [-0.4, -0.2) is 40.0 Å². The molecule has 0 spiro atoms. The van der Waals surface area contributed by atoms with Gasteiger partial charge in [0.25, 0.3) is 0 Å². The number of methoxy groups -OCH3 is 1. The highest BCUT2D eigenvalue weighted by Crippen LogP contribution is 2.35. The molecule has 1 N–H and O–H groups in total. The van der Waals surface area contributed by atoms with Crippen molar-refractivity contribution < 1.29 is 9.47 Å². The van der Waals surface area contributed by atoms with Crippen molar-refractivity contribution in [1.82, 2.24) is 5.32 Å². The number of hydrogen-bond acceptors (Lipinski definition) is 3. The summed E-state index contributed by atoms with van der Waals surface area (Å²) in [6.07, 6.45) is 2.19. The molecule has 0 amide bonds. The molecule has 112 valence electrons. The Hall–Kier alpha value is -0.900. The Bertz CT molecular complexity index is 425. The molecule has 0 atom stereocenters. The Morgan fingerprint density at radius 3 is 2.60 bits per heavy atom. The average Bonchev–Trinajstić information content (AvgIpc) is 2.47. The highest BCUT2D eigenvalue weighted by molar-refractivity contribution is 5.35. The van der Waals surface area contributed by atoms with Crippen LogP contribution < -0.4 is 5.32 Å². The molecular weight excluding hydrogens is 250 g/mol. The molecule has 1 fully saturated rings. The van der Waals surface area contributed by atoms with E-state index >= 15 is 0 Å². The number of ether oxygens (including phenoxy) is 2. The Morgan fingerprint density at radius 1 is 1.20 bits per heavy atom. The second-order valence-corrected chi connectivity index (χ2v) is 5.86. The number of aryl methyl sites for hydroxylation is 2. The van der Waals surface area contributed by atoms with Crippen molar-refractivity contribution in [2.75, 3.05) is 40.0 Å². The first-order valence-corrected chi connectivity index (χ1v) is 7.53. The zero-order chi connectivity index (χ0) is 14.4. The molecule has 1 aliphatic heterocycles. The fraction of sp³-hybridized carbons (Fsp3) is 0.647. The van der Waals surface area contributed by atoms with E-state index in [9.17, 15) is 0 Å². The molecule has 0 bridgehead atoms. The van der Waals surface area contributed by atoms with Crippen LogP contribution in [0, 0.1) is 13.8 Å². The maximum Gasteiger partial charge on any atom is 0.0587 e. The molecular formula is C17H27NO2. The van der Waals surface area contributed by atoms with E-state index in [4.69, 9.17) is 9.47 Å². The van der Waals surface area contributed by atoms with Gasteiger partial charge in [0.2, 0.25) is 0 Å². The van der Waals surface area contributed by atoms with E-state index in [-0.39, 0.29) is 5.41 Å². The standard InChI is InChI=1S/C17H27NO2/c1-14-4-5-16(12-15(14)2)17(6-9-20-10-7-17)13-18-8-11-19-3/h4-5,12,18H,6-11,13H2,1-3H3. The largest absolute Gasteiger partial charge is 0.383 e. The Kier molecular flexibility index (Phi) is 5.58. The molecule has 3 nitrogen and oxygen atoms in total. The molecule has 2 rings (SSSR count). The molecule has 1 aromatic rings. The Morgan fingerprint density at radius 2 is 1.95 bits per heavy atom. The summed E-state index contributed by atoms with van der Waals surface area (Å²) in [6.45, 7) is 8.76. The van der Waals surface area contributed by atoms with E-state index in [1.165, 1.54) is 16.7 Å². The average molecular weight is 277 g/mol. The van der Waals surface area contributed by atoms with Gasteiger partial charge in [-0.2, -0.15) is 0 Å². The topological polar surface area (TPSA) is 30.5 Å². The van der Waals surface area contributed by atoms with Gasteiger partial charge in [0.1, 0.15) is 0 Å². The predicted molar refractivity (Wildman–Crippen MR) is 82.4 cm³/mol. The molecule has 1 saturated heterocycles. The summed E-state index contributed by atoms with van der Waals surface area (Å²) in [4.78, 5) is 0. The third kappa shape index (κ3) is 3.60. The van der Waals surface area contributed by atoms with Gasteiger partial charge in [-0.1, -0.05) is 18.2 Å². The van der Waals surface area contributed by atoms with Gasteiger partial charge in [0.05, 0.1) is 6.61 Å². The third-order valence-corrected chi connectivity index (χ3v) is 4.52. The van der Waals surface area contributed by atoms with Gasteiger partial charge in [0.15, 0.2) is 0 Å². The highest BCUT2D eigenvalue weighted by atomic mass is 16.5. The van der Waals surface area contributed by atoms with Gasteiger partial charge >= 0.3 is 0 Å². The SMILES string of the molecule is COCCNCC1(c2ccc(C)c(C)c2)CCOCC1. The second-order valence-electron chi connectivity index (χ2n) is 5.86. The van der Waals surface area contributed by atoms with Crippen LogP contribution in [-0.2, 0) is 14.9 Å². The first kappa shape index (κ1) is 15.5. The van der Waals surface area contributed by atoms with Gasteiger partial charge < -0.3 is 14.8 Å². The van der Waals surface area contributed by atoms with E-state index in [1.807, 2.05) is 0 Å². The summed E-state index contributed by atoms with van der Waals surface area (Å²) in [7, 11) is 1.75. The number of rotatable bonds is 6. The number of nitrogens with one attached hydrogen (secondary N) is 1. The summed E-state index contributed by atoms with van der Waals surface area (Å²) in [6, 6.07) is 6.90. The normalized spacial score (nSPS) is 18.1. The number of hydrogen-bond donors (Lipinski definition) is 1. The van der Waals surface area contributed by atoms with Gasteiger partial charge in [0, 0.05) is 38.8 Å². The minimum Gasteiger partial charge on any atom is -0.383 e. The lowest BCUT2D eigenvalue weighted by atomic mass is 9.73. The van der Waals surface area contributed by atoms with Crippen molar-refractivity contribution >= 4 is 0 Å². The van der Waals surface area contributed by atoms with Crippen molar-refractivity contribution in [1.29, 1.82) is 0 Å². The highest BCUT2D eigenvalue weighted by Gasteiger charge is 2.34. The molecule has 0 saturated carbocycles. The van der Waals surface area contributed by atoms with Crippen LogP contribution in [0.3, 0.4) is 0 Å². The molecule has 0 unspecified atom stereocenters. The Balaban J connectivity index is 2.14. The minimum absolute atomic E-state index is 0.213. The maximum absolute atomic E-state index is 5.58. The van der Waals surface area contributed by atoms with E-state index in [1.54, 1.807) is 7.11 Å². The molecule has 1 aromatic carbocycles. The van der Waals surface area contributed by atoms with Crippen LogP contribution in [0.25, 0.3) is 0 Å². The molecule has 20 heavy (non-hydrogen) atoms. The van der Waals surface area contributed by atoms with Crippen molar-refractivity contribution in [2.45, 2.75) is 32.1 Å². The lowest BCUT2D eigenvalue weighted by molar-refractivity contribution is 0.0492. The summed E-state index contributed by atoms with van der Waals surface area (Å²) < 4.78 is 10.7. The summed E-state index contributed by atoms with van der Waals surface area (Å²) in [5.41, 5.74) is 4.41. The summed E-state index contributed by atoms with van der Waals surface area (Å²) in [5, 5.41) is 3.55. The van der Waals surface area contributed by atoms with Crippen molar-refractivity contribution in [3.63, 3.8) is 0 Å². The van der Waals surface area contributed by atoms with Crippen LogP contribution in [0.2, 0.25) is 0 Å². The molecule has 1 aliphatic rings. The first-order valence-electron chi connectivity index (χ1n) is 7.53. The maximum atomic E-state index is 5.58. The lowest BCUT2D eigenvalue weighted by Crippen LogP contribution is -2.43. The number of benzene rings is 1. The van der Waals surface area contributed by atoms with Gasteiger partial charge in [-0.15, -0.1) is 0 Å². The van der Waals surface area contributed by atoms with Crippen LogP contribution >= 0.6 is 0 Å². The van der Waals surface area contributed by atoms with E-state index in [0.717, 1.165) is 45.8 Å². The van der Waals surface area contributed by atoms with Crippen LogP contribution in [0.5, 0.6) is 0 Å². The van der Waals surface area contributed by atoms with E-state index in [0.29, 0.717) is 0 Å². The zero-order valence-electron chi connectivity index (χ0n) is 13.0. The molecule has 0 radical (unpaired) electrons. The van der Waals surface area contributed by atoms with Gasteiger partial charge in [-0.3, -0.25) is 0 Å². The van der Waals surface area contributed by atoms with Gasteiger partial charge in [-0.05, 0) is 43.4 Å². The van der Waals surface area contributed by atoms with E-state index in [2.05, 4.69) is 37.4 Å². The van der Waals surface area contributed by atoms with Crippen LogP contribution in [0.15, 0.2) is 18.2 Å². The fourth-order valence-corrected chi connectivity index (χ4v) is 2.90.